The van der Waals surface area contributed by atoms with Crippen LogP contribution < -0.4 is 0 Å². The van der Waals surface area contributed by atoms with E-state index in [4.69, 9.17) is 0 Å². The van der Waals surface area contributed by atoms with Crippen molar-refractivity contribution in [3.63, 3.8) is 0 Å². The van der Waals surface area contributed by atoms with Crippen molar-refractivity contribution in [3.8, 4) is 0 Å². The fraction of sp³-hybridized carbons (Fsp3) is 0. The Balaban J connectivity index is 0. The van der Waals surface area contributed by atoms with E-state index < -0.39 is 0 Å². The second-order valence-corrected chi connectivity index (χ2v) is 0. The molecule has 0 amide bonds. The topological polar surface area (TPSA) is 0 Å². The van der Waals surface area contributed by atoms with Crippen molar-refractivity contribution >= 4 is 19.8 Å². The summed E-state index contributed by atoms with van der Waals surface area (Å²) in [5.41, 5.74) is 0. The van der Waals surface area contributed by atoms with Crippen LogP contribution in [0.5, 0.6) is 0 Å². The van der Waals surface area contributed by atoms with Crippen LogP contribution in [0.2, 0.25) is 0 Å². The van der Waals surface area contributed by atoms with E-state index in [1.165, 1.54) is 0 Å². The maximum Gasteiger partial charge on any atom is 2.00 e. The number of hydrogen-bond donors (Lipinski definition) is 0. The van der Waals surface area contributed by atoms with Crippen LogP contribution in [-0.4, -0.2) is 0 Å². The fourth-order valence-corrected chi connectivity index (χ4v) is 0. The smallest absolute Gasteiger partial charge is 2.00 e. The molecule has 0 aromatic heterocycles. The molecule has 0 saturated heterocycles. The van der Waals surface area contributed by atoms with Gasteiger partial charge in [-0.25, -0.2) is 0 Å². The van der Waals surface area contributed by atoms with E-state index >= 15 is 0 Å². The molecule has 0 aliphatic heterocycles. The van der Waals surface area contributed by atoms with Crippen LogP contribution in [0.4, 0.5) is 0 Å². The summed E-state index contributed by atoms with van der Waals surface area (Å²) in [5, 5.41) is 0. The Bertz CT molecular complexity index is 4.85. The van der Waals surface area contributed by atoms with Gasteiger partial charge in [0, 0.05) is 0 Å². The second kappa shape index (κ2) is 25.3. The minimum atomic E-state index is 0. The normalized spacial score (nSPS) is 0. The van der Waals surface area contributed by atoms with Crippen LogP contribution in [0, 0.1) is 0 Å². The van der Waals surface area contributed by atoms with Crippen molar-refractivity contribution in [2.24, 2.45) is 0 Å². The van der Waals surface area contributed by atoms with Gasteiger partial charge in [0.25, 0.3) is 0 Å². The summed E-state index contributed by atoms with van der Waals surface area (Å²) < 4.78 is 0. The molecule has 0 saturated carbocycles. The zero-order chi connectivity index (χ0) is 0. The third kappa shape index (κ3) is 18.3. The summed E-state index contributed by atoms with van der Waals surface area (Å²) in [6, 6.07) is 0. The second-order valence-electron chi connectivity index (χ2n) is 0. The molecule has 5 heteroatoms. The third-order valence-corrected chi connectivity index (χ3v) is 0. The molecule has 0 spiro atoms. The van der Waals surface area contributed by atoms with Gasteiger partial charge in [-0.05, 0) is 0 Å². The summed E-state index contributed by atoms with van der Waals surface area (Å²) in [6.45, 7) is 0. The molecule has 0 atom stereocenters. The van der Waals surface area contributed by atoms with Gasteiger partial charge >= 0.3 is 83.0 Å². The quantitative estimate of drug-likeness (QED) is 0.274. The summed E-state index contributed by atoms with van der Waals surface area (Å²) in [5.74, 6) is 0. The molecule has 0 N–H and O–H groups in total. The first-order chi connectivity index (χ1) is 0. The molecule has 0 aliphatic carbocycles. The first-order valence-electron chi connectivity index (χ1n) is 0. The van der Waals surface area contributed by atoms with E-state index in [1.807, 2.05) is 0 Å². The van der Waals surface area contributed by atoms with E-state index in [9.17, 15) is 0 Å². The van der Waals surface area contributed by atoms with Crippen molar-refractivity contribution in [3.05, 3.63) is 0 Å². The van der Waals surface area contributed by atoms with E-state index in [0.717, 1.165) is 0 Å². The van der Waals surface area contributed by atoms with Gasteiger partial charge in [-0.2, -0.15) is 0 Å². The van der Waals surface area contributed by atoms with Crippen LogP contribution in [0.3, 0.4) is 0 Å². The molecule has 0 aliphatic rings. The van der Waals surface area contributed by atoms with Crippen LogP contribution in [0.1, 0.15) is 0 Å². The number of rotatable bonds is 0. The molecule has 0 heterocycles. The summed E-state index contributed by atoms with van der Waals surface area (Å²) >= 11 is 0. The van der Waals surface area contributed by atoms with Crippen molar-refractivity contribution < 1.29 is 83.0 Å². The zero-order valence-corrected chi connectivity index (χ0v) is 21.3. The summed E-state index contributed by atoms with van der Waals surface area (Å²) in [6.07, 6.45) is 0. The Morgan fingerprint density at radius 3 is 0.400 bits per heavy atom. The van der Waals surface area contributed by atoms with Gasteiger partial charge in [0.1, 0.15) is 0 Å². The average molecular weight is 664 g/mol. The van der Waals surface area contributed by atoms with Crippen molar-refractivity contribution in [2.75, 3.05) is 0 Å². The van der Waals surface area contributed by atoms with Crippen LogP contribution in [-0.2, 0) is 83.0 Å². The predicted octanol–water partition coefficient (Wildman–Crippen LogP) is 1.71. The van der Waals surface area contributed by atoms with Crippen LogP contribution >= 0.6 is 19.8 Å². The van der Waals surface area contributed by atoms with E-state index in [2.05, 4.69) is 0 Å². The number of hydrogen-bond acceptors (Lipinski definition) is 0. The molecular formula is Hg3P2. The Kier molecular flexibility index (Phi) is 192. The SMILES string of the molecule is [Hg+2].[Hg+2].[Hg+2].[P-3].[P-3]. The first-order valence-corrected chi connectivity index (χ1v) is 0. The largest absolute Gasteiger partial charge is 3.00 e. The van der Waals surface area contributed by atoms with E-state index in [1.54, 1.807) is 0 Å². The van der Waals surface area contributed by atoms with Gasteiger partial charge in [0.2, 0.25) is 0 Å². The Morgan fingerprint density at radius 1 is 0.400 bits per heavy atom. The van der Waals surface area contributed by atoms with Gasteiger partial charge in [0.15, 0.2) is 0 Å². The molecular weight excluding hydrogens is 664 g/mol. The minimum Gasteiger partial charge on any atom is -3.00 e. The molecule has 0 fully saturated rings. The monoisotopic (exact) mass is 668 g/mol. The molecule has 0 aromatic carbocycles. The first kappa shape index (κ1) is 37.9. The van der Waals surface area contributed by atoms with Gasteiger partial charge < -0.3 is 19.8 Å². The molecule has 0 aromatic rings. The molecule has 5 heavy (non-hydrogen) atoms. The molecule has 0 rings (SSSR count). The van der Waals surface area contributed by atoms with E-state index in [0.29, 0.717) is 0 Å². The summed E-state index contributed by atoms with van der Waals surface area (Å²) in [4.78, 5) is 0. The van der Waals surface area contributed by atoms with Crippen molar-refractivity contribution in [1.82, 2.24) is 0 Å². The predicted molar refractivity (Wildman–Crippen MR) is 13.8 cm³/mol. The van der Waals surface area contributed by atoms with Crippen molar-refractivity contribution in [1.29, 1.82) is 0 Å². The summed E-state index contributed by atoms with van der Waals surface area (Å²) in [7, 11) is 0. The van der Waals surface area contributed by atoms with Gasteiger partial charge in [-0.15, -0.1) is 0 Å². The molecule has 0 unspecified atom stereocenters. The van der Waals surface area contributed by atoms with Crippen LogP contribution in [0.25, 0.3) is 0 Å². The fourth-order valence-electron chi connectivity index (χ4n) is 0. The molecule has 0 radical (unpaired) electrons. The minimum absolute atomic E-state index is 0. The molecule has 0 nitrogen and oxygen atoms in total. The van der Waals surface area contributed by atoms with Crippen molar-refractivity contribution in [2.45, 2.75) is 0 Å². The Morgan fingerprint density at radius 2 is 0.400 bits per heavy atom. The third-order valence-electron chi connectivity index (χ3n) is 0. The standard InChI is InChI=1S/3Hg.2P/q3*+2;2*-3. The maximum atomic E-state index is 0. The maximum absolute atomic E-state index is 0. The zero-order valence-electron chi connectivity index (χ0n) is 3.02. The van der Waals surface area contributed by atoms with E-state index in [-0.39, 0.29) is 103 Å². The molecule has 16 valence electrons. The Labute approximate surface area is 101 Å². The van der Waals surface area contributed by atoms with Gasteiger partial charge in [-0.3, -0.25) is 0 Å². The average Bonchev–Trinajstić information content (AvgIpc) is 0. The molecule has 0 bridgehead atoms. The van der Waals surface area contributed by atoms with Gasteiger partial charge in [-0.1, -0.05) is 0 Å². The Hall–Kier alpha value is 3.67. The van der Waals surface area contributed by atoms with Crippen LogP contribution in [0.15, 0.2) is 0 Å². The van der Waals surface area contributed by atoms with Gasteiger partial charge in [0.05, 0.1) is 0 Å².